The van der Waals surface area contributed by atoms with Gasteiger partial charge in [0.25, 0.3) is 0 Å². The first kappa shape index (κ1) is 24.2. The Kier molecular flexibility index (Phi) is 17.4. The van der Waals surface area contributed by atoms with Crippen LogP contribution in [0.3, 0.4) is 0 Å². The number of ether oxygens (including phenoxy) is 1. The van der Waals surface area contributed by atoms with E-state index in [4.69, 9.17) is 4.74 Å². The maximum atomic E-state index is 5.04. The lowest BCUT2D eigenvalue weighted by Gasteiger charge is -2.30. The molecule has 0 amide bonds. The van der Waals surface area contributed by atoms with E-state index in [0.29, 0.717) is 12.1 Å². The number of nitrogens with zero attached hydrogens (tertiary/aromatic N) is 2. The summed E-state index contributed by atoms with van der Waals surface area (Å²) in [6.45, 7) is 15.6. The van der Waals surface area contributed by atoms with Gasteiger partial charge < -0.3 is 15.4 Å². The highest BCUT2D eigenvalue weighted by Crippen LogP contribution is 2.05. The normalized spacial score (nSPS) is 12.0. The second-order valence-electron chi connectivity index (χ2n) is 5.81. The van der Waals surface area contributed by atoms with Gasteiger partial charge in [0.1, 0.15) is 0 Å². The maximum absolute atomic E-state index is 5.04. The molecule has 0 unspecified atom stereocenters. The Morgan fingerprint density at radius 3 is 2.23 bits per heavy atom. The molecular weight excluding hydrogens is 391 g/mol. The van der Waals surface area contributed by atoms with Crippen LogP contribution in [0.25, 0.3) is 0 Å². The summed E-state index contributed by atoms with van der Waals surface area (Å²) in [5.41, 5.74) is 0. The molecule has 134 valence electrons. The monoisotopic (exact) mass is 428 g/mol. The van der Waals surface area contributed by atoms with Crippen LogP contribution in [0.2, 0.25) is 0 Å². The number of guanidine groups is 1. The fourth-order valence-electron chi connectivity index (χ4n) is 2.32. The predicted octanol–water partition coefficient (Wildman–Crippen LogP) is 2.70. The summed E-state index contributed by atoms with van der Waals surface area (Å²) < 4.78 is 5.04. The molecule has 0 atom stereocenters. The van der Waals surface area contributed by atoms with Gasteiger partial charge in [0.05, 0.1) is 0 Å². The Balaban J connectivity index is 0. The van der Waals surface area contributed by atoms with Gasteiger partial charge in [-0.25, -0.2) is 0 Å². The third kappa shape index (κ3) is 12.5. The number of methoxy groups -OCH3 is 1. The highest BCUT2D eigenvalue weighted by atomic mass is 127. The van der Waals surface area contributed by atoms with Crippen molar-refractivity contribution in [3.05, 3.63) is 0 Å². The second kappa shape index (κ2) is 15.8. The minimum atomic E-state index is 0. The minimum Gasteiger partial charge on any atom is -0.385 e. The van der Waals surface area contributed by atoms with Crippen LogP contribution in [0, 0.1) is 0 Å². The van der Waals surface area contributed by atoms with Crippen molar-refractivity contribution in [1.29, 1.82) is 0 Å². The molecule has 0 aromatic carbocycles. The lowest BCUT2D eigenvalue weighted by Crippen LogP contribution is -2.41. The van der Waals surface area contributed by atoms with E-state index < -0.39 is 0 Å². The smallest absolute Gasteiger partial charge is 0.191 e. The Labute approximate surface area is 154 Å². The van der Waals surface area contributed by atoms with Gasteiger partial charge in [-0.15, -0.1) is 24.0 Å². The average Bonchev–Trinajstić information content (AvgIpc) is 2.42. The Hall–Kier alpha value is -0.0800. The molecule has 0 aromatic rings. The topological polar surface area (TPSA) is 48.9 Å². The average molecular weight is 428 g/mol. The van der Waals surface area contributed by atoms with E-state index in [9.17, 15) is 0 Å². The molecule has 0 rings (SSSR count). The molecule has 0 fully saturated rings. The number of nitrogens with one attached hydrogen (secondary N) is 2. The van der Waals surface area contributed by atoms with Crippen LogP contribution in [-0.4, -0.2) is 62.8 Å². The second-order valence-corrected chi connectivity index (χ2v) is 5.81. The van der Waals surface area contributed by atoms with Crippen molar-refractivity contribution >= 4 is 29.9 Å². The largest absolute Gasteiger partial charge is 0.385 e. The molecule has 0 heterocycles. The summed E-state index contributed by atoms with van der Waals surface area (Å²) in [5.74, 6) is 0.911. The van der Waals surface area contributed by atoms with E-state index in [0.717, 1.165) is 51.6 Å². The van der Waals surface area contributed by atoms with Crippen LogP contribution in [0.15, 0.2) is 4.99 Å². The van der Waals surface area contributed by atoms with Gasteiger partial charge in [-0.3, -0.25) is 9.89 Å². The quantitative estimate of drug-likeness (QED) is 0.230. The van der Waals surface area contributed by atoms with E-state index >= 15 is 0 Å². The van der Waals surface area contributed by atoms with Crippen molar-refractivity contribution in [2.45, 2.75) is 59.5 Å². The van der Waals surface area contributed by atoms with Crippen LogP contribution in [0.5, 0.6) is 0 Å². The molecule has 0 aromatic heterocycles. The molecule has 0 aliphatic rings. The SMILES string of the molecule is CCNC(=NCCCOC)NCCCN(C(C)C)C(C)C.I. The Bertz CT molecular complexity index is 265. The van der Waals surface area contributed by atoms with Gasteiger partial charge in [-0.2, -0.15) is 0 Å². The standard InChI is InChI=1S/C16H36N4O.HI/c1-7-17-16(19-11-9-13-21-6)18-10-8-12-20(14(2)3)15(4)5;/h14-15H,7-13H2,1-6H3,(H2,17,18,19);1H. The van der Waals surface area contributed by atoms with Crippen LogP contribution < -0.4 is 10.6 Å². The van der Waals surface area contributed by atoms with Crippen LogP contribution in [0.1, 0.15) is 47.5 Å². The summed E-state index contributed by atoms with van der Waals surface area (Å²) in [6.07, 6.45) is 2.08. The predicted molar refractivity (Wildman–Crippen MR) is 107 cm³/mol. The molecule has 6 heteroatoms. The Morgan fingerprint density at radius 2 is 1.73 bits per heavy atom. The van der Waals surface area contributed by atoms with Gasteiger partial charge >= 0.3 is 0 Å². The molecule has 0 radical (unpaired) electrons. The van der Waals surface area contributed by atoms with Crippen LogP contribution >= 0.6 is 24.0 Å². The molecule has 0 bridgehead atoms. The van der Waals surface area contributed by atoms with E-state index in [2.05, 4.69) is 55.1 Å². The fraction of sp³-hybridized carbons (Fsp3) is 0.938. The van der Waals surface area contributed by atoms with Crippen molar-refractivity contribution in [3.63, 3.8) is 0 Å². The zero-order valence-corrected chi connectivity index (χ0v) is 17.6. The van der Waals surface area contributed by atoms with Crippen LogP contribution in [0.4, 0.5) is 0 Å². The van der Waals surface area contributed by atoms with E-state index in [1.807, 2.05) is 0 Å². The first-order valence-electron chi connectivity index (χ1n) is 8.29. The summed E-state index contributed by atoms with van der Waals surface area (Å²) in [5, 5.41) is 6.68. The lowest BCUT2D eigenvalue weighted by molar-refractivity contribution is 0.173. The molecule has 0 spiro atoms. The molecule has 0 aliphatic heterocycles. The van der Waals surface area contributed by atoms with Crippen molar-refractivity contribution < 1.29 is 4.74 Å². The van der Waals surface area contributed by atoms with Gasteiger partial charge in [-0.1, -0.05) is 0 Å². The molecule has 5 nitrogen and oxygen atoms in total. The van der Waals surface area contributed by atoms with Gasteiger partial charge in [0.2, 0.25) is 0 Å². The molecule has 2 N–H and O–H groups in total. The number of aliphatic imine (C=N–C) groups is 1. The zero-order valence-electron chi connectivity index (χ0n) is 15.3. The van der Waals surface area contributed by atoms with Gasteiger partial charge in [0, 0.05) is 52.0 Å². The van der Waals surface area contributed by atoms with Gasteiger partial charge in [-0.05, 0) is 47.5 Å². The Morgan fingerprint density at radius 1 is 1.09 bits per heavy atom. The number of halogens is 1. The summed E-state index contributed by atoms with van der Waals surface area (Å²) in [6, 6.07) is 1.20. The summed E-state index contributed by atoms with van der Waals surface area (Å²) in [4.78, 5) is 7.06. The third-order valence-corrected chi connectivity index (χ3v) is 3.33. The first-order chi connectivity index (χ1) is 10.0. The molecular formula is C16H37IN4O. The number of hydrogen-bond acceptors (Lipinski definition) is 3. The van der Waals surface area contributed by atoms with E-state index in [-0.39, 0.29) is 24.0 Å². The lowest BCUT2D eigenvalue weighted by atomic mass is 10.2. The van der Waals surface area contributed by atoms with Crippen LogP contribution in [-0.2, 0) is 4.74 Å². The number of hydrogen-bond donors (Lipinski definition) is 2. The van der Waals surface area contributed by atoms with Crippen molar-refractivity contribution in [2.75, 3.05) is 39.9 Å². The molecule has 0 saturated carbocycles. The summed E-state index contributed by atoms with van der Waals surface area (Å²) >= 11 is 0. The molecule has 22 heavy (non-hydrogen) atoms. The van der Waals surface area contributed by atoms with E-state index in [1.54, 1.807) is 7.11 Å². The van der Waals surface area contributed by atoms with Crippen molar-refractivity contribution in [1.82, 2.24) is 15.5 Å². The minimum absolute atomic E-state index is 0. The third-order valence-electron chi connectivity index (χ3n) is 3.33. The maximum Gasteiger partial charge on any atom is 0.191 e. The molecule has 0 saturated heterocycles. The number of rotatable bonds is 11. The van der Waals surface area contributed by atoms with Crippen molar-refractivity contribution in [2.24, 2.45) is 4.99 Å². The van der Waals surface area contributed by atoms with Gasteiger partial charge in [0.15, 0.2) is 5.96 Å². The fourth-order valence-corrected chi connectivity index (χ4v) is 2.32. The zero-order chi connectivity index (χ0) is 16.1. The highest BCUT2D eigenvalue weighted by molar-refractivity contribution is 14.0. The summed E-state index contributed by atoms with van der Waals surface area (Å²) in [7, 11) is 1.72. The van der Waals surface area contributed by atoms with Crippen molar-refractivity contribution in [3.8, 4) is 0 Å². The highest BCUT2D eigenvalue weighted by Gasteiger charge is 2.12. The van der Waals surface area contributed by atoms with E-state index in [1.165, 1.54) is 0 Å². The molecule has 0 aliphatic carbocycles. The first-order valence-corrected chi connectivity index (χ1v) is 8.29.